The molecule has 0 saturated heterocycles. The molecular formula is C8H16Br2. The van der Waals surface area contributed by atoms with Crippen molar-refractivity contribution >= 4 is 31.9 Å². The third-order valence-electron chi connectivity index (χ3n) is 1.54. The van der Waals surface area contributed by atoms with Gasteiger partial charge in [0.25, 0.3) is 0 Å². The third kappa shape index (κ3) is 7.07. The molecule has 0 aliphatic carbocycles. The van der Waals surface area contributed by atoms with Crippen LogP contribution in [-0.2, 0) is 0 Å². The Morgan fingerprint density at radius 3 is 2.40 bits per heavy atom. The highest BCUT2D eigenvalue weighted by molar-refractivity contribution is 9.12. The Hall–Kier alpha value is 0.960. The van der Waals surface area contributed by atoms with Crippen molar-refractivity contribution in [1.29, 1.82) is 0 Å². The van der Waals surface area contributed by atoms with Crippen molar-refractivity contribution < 1.29 is 0 Å². The van der Waals surface area contributed by atoms with Crippen LogP contribution in [0.2, 0.25) is 0 Å². The van der Waals surface area contributed by atoms with E-state index in [-0.39, 0.29) is 0 Å². The molecule has 10 heavy (non-hydrogen) atoms. The first-order chi connectivity index (χ1) is 4.81. The molecule has 0 aromatic heterocycles. The van der Waals surface area contributed by atoms with Gasteiger partial charge in [-0.25, -0.2) is 0 Å². The third-order valence-corrected chi connectivity index (χ3v) is 3.97. The summed E-state index contributed by atoms with van der Waals surface area (Å²) in [7, 11) is 0. The van der Waals surface area contributed by atoms with E-state index >= 15 is 0 Å². The zero-order valence-electron chi connectivity index (χ0n) is 6.58. The van der Waals surface area contributed by atoms with Crippen molar-refractivity contribution in [2.75, 3.05) is 5.33 Å². The number of alkyl halides is 2. The molecule has 0 radical (unpaired) electrons. The average molecular weight is 272 g/mol. The first kappa shape index (κ1) is 11.0. The van der Waals surface area contributed by atoms with Crippen LogP contribution in [0.3, 0.4) is 0 Å². The van der Waals surface area contributed by atoms with Gasteiger partial charge >= 0.3 is 0 Å². The minimum atomic E-state index is 0.685. The largest absolute Gasteiger partial charge is 0.0916 e. The van der Waals surface area contributed by atoms with Crippen LogP contribution in [0.5, 0.6) is 0 Å². The van der Waals surface area contributed by atoms with E-state index < -0.39 is 0 Å². The Balaban J connectivity index is 2.89. The predicted octanol–water partition coefficient (Wildman–Crippen LogP) is 4.12. The summed E-state index contributed by atoms with van der Waals surface area (Å²) in [5, 5.41) is 1.08. The monoisotopic (exact) mass is 270 g/mol. The molecule has 0 aliphatic rings. The molecule has 0 aromatic rings. The summed E-state index contributed by atoms with van der Waals surface area (Å²) in [6.07, 6.45) is 6.80. The van der Waals surface area contributed by atoms with Crippen LogP contribution < -0.4 is 0 Å². The SMILES string of the molecule is CCCCCC[C@@H](Br)CBr. The highest BCUT2D eigenvalue weighted by atomic mass is 79.9. The molecule has 0 bridgehead atoms. The molecule has 0 aliphatic heterocycles. The Morgan fingerprint density at radius 2 is 1.90 bits per heavy atom. The van der Waals surface area contributed by atoms with Gasteiger partial charge in [-0.3, -0.25) is 0 Å². The van der Waals surface area contributed by atoms with Gasteiger partial charge in [-0.05, 0) is 6.42 Å². The summed E-state index contributed by atoms with van der Waals surface area (Å²) in [6.45, 7) is 2.25. The first-order valence-corrected chi connectivity index (χ1v) is 6.05. The molecule has 0 N–H and O–H groups in total. The first-order valence-electron chi connectivity index (χ1n) is 4.01. The minimum Gasteiger partial charge on any atom is -0.0916 e. The Labute approximate surface area is 81.0 Å². The number of unbranched alkanes of at least 4 members (excludes halogenated alkanes) is 3. The van der Waals surface area contributed by atoms with Gasteiger partial charge in [0.2, 0.25) is 0 Å². The summed E-state index contributed by atoms with van der Waals surface area (Å²) >= 11 is 7.02. The molecule has 0 unspecified atom stereocenters. The van der Waals surface area contributed by atoms with Gasteiger partial charge in [0.15, 0.2) is 0 Å². The zero-order chi connectivity index (χ0) is 7.82. The minimum absolute atomic E-state index is 0.685. The van der Waals surface area contributed by atoms with Crippen LogP contribution >= 0.6 is 31.9 Å². The maximum atomic E-state index is 3.58. The molecule has 0 rings (SSSR count). The highest BCUT2D eigenvalue weighted by Gasteiger charge is 1.99. The van der Waals surface area contributed by atoms with E-state index in [9.17, 15) is 0 Å². The summed E-state index contributed by atoms with van der Waals surface area (Å²) in [5.41, 5.74) is 0. The van der Waals surface area contributed by atoms with Crippen LogP contribution in [0.1, 0.15) is 39.0 Å². The lowest BCUT2D eigenvalue weighted by atomic mass is 10.1. The van der Waals surface area contributed by atoms with Crippen LogP contribution in [-0.4, -0.2) is 10.2 Å². The van der Waals surface area contributed by atoms with Gasteiger partial charge in [0.05, 0.1) is 0 Å². The van der Waals surface area contributed by atoms with Crippen molar-refractivity contribution in [2.45, 2.75) is 43.9 Å². The van der Waals surface area contributed by atoms with Crippen molar-refractivity contribution in [1.82, 2.24) is 0 Å². The molecule has 0 nitrogen and oxygen atoms in total. The van der Waals surface area contributed by atoms with Crippen LogP contribution in [0, 0.1) is 0 Å². The number of hydrogen-bond acceptors (Lipinski definition) is 0. The second-order valence-corrected chi connectivity index (χ2v) is 4.54. The highest BCUT2D eigenvalue weighted by Crippen LogP contribution is 2.13. The Bertz CT molecular complexity index is 64.3. The van der Waals surface area contributed by atoms with E-state index in [1.807, 2.05) is 0 Å². The molecule has 0 amide bonds. The zero-order valence-corrected chi connectivity index (χ0v) is 9.75. The van der Waals surface area contributed by atoms with E-state index in [2.05, 4.69) is 38.8 Å². The maximum Gasteiger partial charge on any atom is 0.0242 e. The van der Waals surface area contributed by atoms with Gasteiger partial charge in [0, 0.05) is 10.2 Å². The van der Waals surface area contributed by atoms with E-state index in [0.717, 1.165) is 5.33 Å². The van der Waals surface area contributed by atoms with Gasteiger partial charge in [0.1, 0.15) is 0 Å². The predicted molar refractivity (Wildman–Crippen MR) is 55.3 cm³/mol. The smallest absolute Gasteiger partial charge is 0.0242 e. The summed E-state index contributed by atoms with van der Waals surface area (Å²) in [4.78, 5) is 0.685. The topological polar surface area (TPSA) is 0 Å². The number of rotatable bonds is 6. The Morgan fingerprint density at radius 1 is 1.20 bits per heavy atom. The van der Waals surface area contributed by atoms with Crippen molar-refractivity contribution in [3.63, 3.8) is 0 Å². The number of hydrogen-bond donors (Lipinski definition) is 0. The van der Waals surface area contributed by atoms with Crippen molar-refractivity contribution in [3.8, 4) is 0 Å². The van der Waals surface area contributed by atoms with E-state index in [0.29, 0.717) is 4.83 Å². The summed E-state index contributed by atoms with van der Waals surface area (Å²) in [6, 6.07) is 0. The maximum absolute atomic E-state index is 3.58. The van der Waals surface area contributed by atoms with E-state index in [1.165, 1.54) is 32.1 Å². The average Bonchev–Trinajstić information content (AvgIpc) is 1.98. The summed E-state index contributed by atoms with van der Waals surface area (Å²) in [5.74, 6) is 0. The van der Waals surface area contributed by atoms with E-state index in [4.69, 9.17) is 0 Å². The van der Waals surface area contributed by atoms with Crippen molar-refractivity contribution in [2.24, 2.45) is 0 Å². The Kier molecular flexibility index (Phi) is 8.83. The fourth-order valence-corrected chi connectivity index (χ4v) is 1.52. The lowest BCUT2D eigenvalue weighted by Crippen LogP contribution is -1.97. The molecule has 62 valence electrons. The molecule has 1 atom stereocenters. The molecule has 0 aromatic carbocycles. The van der Waals surface area contributed by atoms with E-state index in [1.54, 1.807) is 0 Å². The fraction of sp³-hybridized carbons (Fsp3) is 1.00. The normalized spacial score (nSPS) is 13.5. The molecule has 0 saturated carbocycles. The van der Waals surface area contributed by atoms with Crippen LogP contribution in [0.4, 0.5) is 0 Å². The molecule has 2 heteroatoms. The van der Waals surface area contributed by atoms with Crippen LogP contribution in [0.25, 0.3) is 0 Å². The summed E-state index contributed by atoms with van der Waals surface area (Å²) < 4.78 is 0. The van der Waals surface area contributed by atoms with Gasteiger partial charge < -0.3 is 0 Å². The second-order valence-electron chi connectivity index (χ2n) is 2.60. The second kappa shape index (κ2) is 8.06. The lowest BCUT2D eigenvalue weighted by Gasteiger charge is -2.03. The molecule has 0 spiro atoms. The van der Waals surface area contributed by atoms with Gasteiger partial charge in [-0.2, -0.15) is 0 Å². The fourth-order valence-electron chi connectivity index (χ4n) is 0.870. The molecule has 0 fully saturated rings. The van der Waals surface area contributed by atoms with Crippen LogP contribution in [0.15, 0.2) is 0 Å². The lowest BCUT2D eigenvalue weighted by molar-refractivity contribution is 0.636. The molecule has 0 heterocycles. The van der Waals surface area contributed by atoms with Crippen molar-refractivity contribution in [3.05, 3.63) is 0 Å². The molecular weight excluding hydrogens is 256 g/mol. The standard InChI is InChI=1S/C8H16Br2/c1-2-3-4-5-6-8(10)7-9/h8H,2-7H2,1H3/t8-/m1/s1. The quantitative estimate of drug-likeness (QED) is 0.504. The van der Waals surface area contributed by atoms with Gasteiger partial charge in [-0.15, -0.1) is 0 Å². The number of halogens is 2. The van der Waals surface area contributed by atoms with Gasteiger partial charge in [-0.1, -0.05) is 64.5 Å².